The molecule has 1 aliphatic rings. The lowest BCUT2D eigenvalue weighted by Gasteiger charge is -2.18. The van der Waals surface area contributed by atoms with Crippen molar-refractivity contribution in [3.8, 4) is 6.07 Å². The first-order valence-electron chi connectivity index (χ1n) is 9.57. The van der Waals surface area contributed by atoms with Gasteiger partial charge >= 0.3 is 11.7 Å². The van der Waals surface area contributed by atoms with E-state index in [0.29, 0.717) is 35.1 Å². The van der Waals surface area contributed by atoms with E-state index in [1.54, 1.807) is 6.07 Å². The van der Waals surface area contributed by atoms with Gasteiger partial charge in [0, 0.05) is 18.1 Å². The normalized spacial score (nSPS) is 14.4. The van der Waals surface area contributed by atoms with Gasteiger partial charge in [-0.15, -0.1) is 16.5 Å². The van der Waals surface area contributed by atoms with E-state index in [4.69, 9.17) is 0 Å². The van der Waals surface area contributed by atoms with Crippen molar-refractivity contribution in [2.45, 2.75) is 36.3 Å². The van der Waals surface area contributed by atoms with Crippen LogP contribution in [0, 0.1) is 11.3 Å². The lowest BCUT2D eigenvalue weighted by atomic mass is 9.99. The number of hydrogen-bond donors (Lipinski definition) is 2. The predicted octanol–water partition coefficient (Wildman–Crippen LogP) is 3.28. The van der Waals surface area contributed by atoms with Crippen LogP contribution >= 0.6 is 11.8 Å². The number of thioether (sulfide) groups is 1. The topological polar surface area (TPSA) is 109 Å². The first kappa shape index (κ1) is 23.5. The van der Waals surface area contributed by atoms with Gasteiger partial charge in [0.15, 0.2) is 5.69 Å². The third-order valence-electron chi connectivity index (χ3n) is 5.02. The molecule has 0 unspecified atom stereocenters. The van der Waals surface area contributed by atoms with E-state index in [-0.39, 0.29) is 21.8 Å². The molecule has 2 heterocycles. The summed E-state index contributed by atoms with van der Waals surface area (Å²) in [6, 6.07) is 4.60. The highest BCUT2D eigenvalue weighted by Gasteiger charge is 2.45. The molecular formula is C20H20F3N5O3S. The number of pyridine rings is 2. The SMILES string of the molecule is CCSc1cc(C2(C#N)CC2)cnc1C(=O)Nc1cc(C(F)(F)F)n(OC)c(=O)c1NC. The number of amides is 1. The summed E-state index contributed by atoms with van der Waals surface area (Å²) in [4.78, 5) is 34.7. The lowest BCUT2D eigenvalue weighted by Crippen LogP contribution is -2.34. The highest BCUT2D eigenvalue weighted by Crippen LogP contribution is 2.48. The van der Waals surface area contributed by atoms with Crippen molar-refractivity contribution < 1.29 is 22.8 Å². The van der Waals surface area contributed by atoms with Gasteiger partial charge in [-0.05, 0) is 36.3 Å². The standard InChI is InChI=1S/C20H20F3N5O3S/c1-4-32-13-7-11(19(10-24)5-6-19)9-26-16(13)17(29)27-12-8-14(20(21,22)23)28(31-3)18(30)15(12)25-2/h7-9,25H,4-6H2,1-3H3,(H,27,29). The summed E-state index contributed by atoms with van der Waals surface area (Å²) in [6.07, 6.45) is -2.06. The Balaban J connectivity index is 2.04. The number of nitriles is 1. The number of anilines is 2. The molecule has 2 aromatic rings. The van der Waals surface area contributed by atoms with Gasteiger partial charge in [-0.3, -0.25) is 9.59 Å². The summed E-state index contributed by atoms with van der Waals surface area (Å²) in [5.41, 5.74) is -3.05. The van der Waals surface area contributed by atoms with E-state index in [9.17, 15) is 28.0 Å². The Morgan fingerprint density at radius 3 is 2.59 bits per heavy atom. The number of alkyl halides is 3. The number of rotatable bonds is 7. The molecule has 1 fully saturated rings. The highest BCUT2D eigenvalue weighted by molar-refractivity contribution is 7.99. The zero-order valence-corrected chi connectivity index (χ0v) is 18.3. The molecular weight excluding hydrogens is 447 g/mol. The second-order valence-electron chi connectivity index (χ2n) is 7.00. The number of nitrogens with zero attached hydrogens (tertiary/aromatic N) is 3. The fraction of sp³-hybridized carbons (Fsp3) is 0.400. The fourth-order valence-electron chi connectivity index (χ4n) is 3.23. The van der Waals surface area contributed by atoms with Crippen LogP contribution < -0.4 is 21.0 Å². The number of carbonyl (C=O) groups is 1. The smallest absolute Gasteiger partial charge is 0.413 e. The van der Waals surface area contributed by atoms with Crippen molar-refractivity contribution in [3.63, 3.8) is 0 Å². The van der Waals surface area contributed by atoms with Crippen molar-refractivity contribution in [1.82, 2.24) is 9.71 Å². The third kappa shape index (κ3) is 4.25. The molecule has 2 N–H and O–H groups in total. The second kappa shape index (κ2) is 8.74. The predicted molar refractivity (Wildman–Crippen MR) is 113 cm³/mol. The van der Waals surface area contributed by atoms with Crippen LogP contribution in [-0.4, -0.2) is 35.5 Å². The molecule has 0 spiro atoms. The van der Waals surface area contributed by atoms with E-state index < -0.39 is 28.8 Å². The van der Waals surface area contributed by atoms with Crippen LogP contribution in [0.25, 0.3) is 0 Å². The van der Waals surface area contributed by atoms with Crippen molar-refractivity contribution in [2.24, 2.45) is 0 Å². The van der Waals surface area contributed by atoms with Gasteiger partial charge in [0.2, 0.25) is 0 Å². The summed E-state index contributed by atoms with van der Waals surface area (Å²) >= 11 is 1.32. The van der Waals surface area contributed by atoms with Gasteiger partial charge in [-0.1, -0.05) is 6.92 Å². The van der Waals surface area contributed by atoms with Gasteiger partial charge in [-0.2, -0.15) is 18.4 Å². The number of halogens is 3. The molecule has 0 aliphatic heterocycles. The van der Waals surface area contributed by atoms with Crippen molar-refractivity contribution in [1.29, 1.82) is 5.26 Å². The molecule has 170 valence electrons. The first-order valence-corrected chi connectivity index (χ1v) is 10.6. The molecule has 3 rings (SSSR count). The average Bonchev–Trinajstić information content (AvgIpc) is 3.54. The van der Waals surface area contributed by atoms with Gasteiger partial charge < -0.3 is 15.5 Å². The summed E-state index contributed by atoms with van der Waals surface area (Å²) in [5, 5.41) is 14.3. The van der Waals surface area contributed by atoms with Crippen molar-refractivity contribution >= 4 is 29.0 Å². The Morgan fingerprint density at radius 2 is 2.09 bits per heavy atom. The minimum Gasteiger partial charge on any atom is -0.413 e. The summed E-state index contributed by atoms with van der Waals surface area (Å²) in [7, 11) is 2.27. The third-order valence-corrected chi connectivity index (χ3v) is 5.93. The van der Waals surface area contributed by atoms with E-state index >= 15 is 0 Å². The van der Waals surface area contributed by atoms with Crippen molar-refractivity contribution in [2.75, 3.05) is 30.5 Å². The Labute approximate surface area is 185 Å². The van der Waals surface area contributed by atoms with Crippen LogP contribution in [0.2, 0.25) is 0 Å². The molecule has 0 atom stereocenters. The minimum atomic E-state index is -4.90. The van der Waals surface area contributed by atoms with Crippen LogP contribution in [0.3, 0.4) is 0 Å². The maximum Gasteiger partial charge on any atom is 0.435 e. The Bertz CT molecular complexity index is 1150. The highest BCUT2D eigenvalue weighted by atomic mass is 32.2. The lowest BCUT2D eigenvalue weighted by molar-refractivity contribution is -0.151. The molecule has 2 aromatic heterocycles. The van der Waals surface area contributed by atoms with Crippen molar-refractivity contribution in [3.05, 3.63) is 45.6 Å². The van der Waals surface area contributed by atoms with Crippen LogP contribution in [0.15, 0.2) is 28.0 Å². The monoisotopic (exact) mass is 467 g/mol. The fourth-order valence-corrected chi connectivity index (χ4v) is 4.03. The Morgan fingerprint density at radius 1 is 1.41 bits per heavy atom. The summed E-state index contributed by atoms with van der Waals surface area (Å²) in [6.45, 7) is 1.87. The Hall–Kier alpha value is -3.20. The van der Waals surface area contributed by atoms with Crippen LogP contribution in [-0.2, 0) is 11.6 Å². The average molecular weight is 467 g/mol. The number of nitrogens with one attached hydrogen (secondary N) is 2. The van der Waals surface area contributed by atoms with E-state index in [1.165, 1.54) is 25.0 Å². The minimum absolute atomic E-state index is 0.0131. The maximum atomic E-state index is 13.4. The van der Waals surface area contributed by atoms with Crippen LogP contribution in [0.1, 0.15) is 41.5 Å². The largest absolute Gasteiger partial charge is 0.435 e. The zero-order valence-electron chi connectivity index (χ0n) is 17.5. The molecule has 0 saturated heterocycles. The molecule has 1 aliphatic carbocycles. The number of carbonyl (C=O) groups excluding carboxylic acids is 1. The quantitative estimate of drug-likeness (QED) is 0.602. The molecule has 1 saturated carbocycles. The molecule has 8 nitrogen and oxygen atoms in total. The second-order valence-corrected chi connectivity index (χ2v) is 8.31. The molecule has 32 heavy (non-hydrogen) atoms. The van der Waals surface area contributed by atoms with Crippen LogP contribution in [0.5, 0.6) is 0 Å². The van der Waals surface area contributed by atoms with Crippen LogP contribution in [0.4, 0.5) is 24.5 Å². The molecule has 0 aromatic carbocycles. The zero-order chi connectivity index (χ0) is 23.7. The Kier molecular flexibility index (Phi) is 6.41. The van der Waals surface area contributed by atoms with E-state index in [0.717, 1.165) is 7.11 Å². The van der Waals surface area contributed by atoms with Gasteiger partial charge in [0.05, 0.1) is 17.2 Å². The number of aromatic nitrogens is 2. The summed E-state index contributed by atoms with van der Waals surface area (Å²) in [5.74, 6) is -0.178. The molecule has 0 radical (unpaired) electrons. The summed E-state index contributed by atoms with van der Waals surface area (Å²) < 4.78 is 40.4. The molecule has 0 bridgehead atoms. The number of hydrogen-bond acceptors (Lipinski definition) is 7. The first-order chi connectivity index (χ1) is 15.1. The van der Waals surface area contributed by atoms with Gasteiger partial charge in [0.25, 0.3) is 5.91 Å². The van der Waals surface area contributed by atoms with Gasteiger partial charge in [-0.25, -0.2) is 4.98 Å². The van der Waals surface area contributed by atoms with Gasteiger partial charge in [0.1, 0.15) is 18.5 Å². The van der Waals surface area contributed by atoms with E-state index in [1.807, 2.05) is 6.92 Å². The maximum absolute atomic E-state index is 13.4. The van der Waals surface area contributed by atoms with E-state index in [2.05, 4.69) is 26.5 Å². The molecule has 1 amide bonds. The molecule has 12 heteroatoms.